The second-order valence-electron chi connectivity index (χ2n) is 6.69. The van der Waals surface area contributed by atoms with Crippen LogP contribution in [0, 0.1) is 5.92 Å². The number of hydrogen-bond donors (Lipinski definition) is 1. The lowest BCUT2D eigenvalue weighted by molar-refractivity contribution is 0.162. The summed E-state index contributed by atoms with van der Waals surface area (Å²) in [5.41, 5.74) is 1.20. The van der Waals surface area contributed by atoms with Crippen LogP contribution in [0.15, 0.2) is 12.3 Å². The van der Waals surface area contributed by atoms with Gasteiger partial charge in [-0.15, -0.1) is 0 Å². The van der Waals surface area contributed by atoms with Crippen LogP contribution in [0.5, 0.6) is 0 Å². The maximum atomic E-state index is 4.66. The van der Waals surface area contributed by atoms with E-state index in [1.807, 2.05) is 0 Å². The van der Waals surface area contributed by atoms with Gasteiger partial charge in [0, 0.05) is 31.4 Å². The Labute approximate surface area is 123 Å². The molecule has 1 aliphatic heterocycles. The number of nitrogens with zero attached hydrogens (tertiary/aromatic N) is 3. The van der Waals surface area contributed by atoms with Gasteiger partial charge in [-0.3, -0.25) is 9.58 Å². The second kappa shape index (κ2) is 7.23. The molecule has 1 aromatic rings. The van der Waals surface area contributed by atoms with Crippen LogP contribution in [0.1, 0.15) is 52.3 Å². The molecule has 0 amide bonds. The van der Waals surface area contributed by atoms with Crippen LogP contribution in [0.4, 0.5) is 0 Å². The van der Waals surface area contributed by atoms with Crippen molar-refractivity contribution in [2.45, 2.75) is 59.2 Å². The molecule has 2 rings (SSSR count). The first-order chi connectivity index (χ1) is 9.54. The van der Waals surface area contributed by atoms with Crippen molar-refractivity contribution in [1.82, 2.24) is 20.0 Å². The summed E-state index contributed by atoms with van der Waals surface area (Å²) in [7, 11) is 0. The van der Waals surface area contributed by atoms with E-state index < -0.39 is 0 Å². The largest absolute Gasteiger partial charge is 0.314 e. The summed E-state index contributed by atoms with van der Waals surface area (Å²) in [4.78, 5) is 2.56. The van der Waals surface area contributed by atoms with Gasteiger partial charge in [0.25, 0.3) is 0 Å². The van der Waals surface area contributed by atoms with Crippen LogP contribution in [0.3, 0.4) is 0 Å². The Balaban J connectivity index is 1.82. The van der Waals surface area contributed by atoms with E-state index in [1.165, 1.54) is 31.6 Å². The summed E-state index contributed by atoms with van der Waals surface area (Å²) in [6.07, 6.45) is 4.77. The molecule has 1 unspecified atom stereocenters. The minimum Gasteiger partial charge on any atom is -0.314 e. The zero-order chi connectivity index (χ0) is 14.5. The van der Waals surface area contributed by atoms with Gasteiger partial charge in [0.2, 0.25) is 0 Å². The Kier molecular flexibility index (Phi) is 5.61. The lowest BCUT2D eigenvalue weighted by Crippen LogP contribution is -2.40. The molecule has 1 aromatic heterocycles. The molecule has 2 heterocycles. The number of nitrogens with one attached hydrogen (secondary N) is 1. The topological polar surface area (TPSA) is 33.1 Å². The van der Waals surface area contributed by atoms with E-state index in [2.05, 4.69) is 60.0 Å². The van der Waals surface area contributed by atoms with E-state index in [4.69, 9.17) is 0 Å². The summed E-state index contributed by atoms with van der Waals surface area (Å²) >= 11 is 0. The number of likely N-dealkylation sites (tertiary alicyclic amines) is 1. The van der Waals surface area contributed by atoms with Crippen molar-refractivity contribution in [2.24, 2.45) is 5.92 Å². The van der Waals surface area contributed by atoms with Crippen molar-refractivity contribution < 1.29 is 0 Å². The second-order valence-corrected chi connectivity index (χ2v) is 6.69. The van der Waals surface area contributed by atoms with Gasteiger partial charge in [-0.05, 0) is 51.8 Å². The Hall–Kier alpha value is -0.870. The summed E-state index contributed by atoms with van der Waals surface area (Å²) in [5, 5.41) is 8.23. The van der Waals surface area contributed by atoms with E-state index in [0.29, 0.717) is 12.1 Å². The fourth-order valence-electron chi connectivity index (χ4n) is 2.84. The molecule has 1 N–H and O–H groups in total. The molecule has 0 aromatic carbocycles. The SMILES string of the molecule is CC(C)NCC1CCCN(Cc2ccn(C(C)C)n2)C1. The zero-order valence-corrected chi connectivity index (χ0v) is 13.5. The smallest absolute Gasteiger partial charge is 0.0764 e. The molecule has 0 aliphatic carbocycles. The maximum Gasteiger partial charge on any atom is 0.0764 e. The van der Waals surface area contributed by atoms with E-state index in [0.717, 1.165) is 19.0 Å². The summed E-state index contributed by atoms with van der Waals surface area (Å²) in [6, 6.07) is 3.20. The highest BCUT2D eigenvalue weighted by molar-refractivity contribution is 5.00. The van der Waals surface area contributed by atoms with Crippen LogP contribution in [0.25, 0.3) is 0 Å². The Bertz CT molecular complexity index is 397. The molecule has 0 spiro atoms. The normalized spacial score (nSPS) is 21.0. The first kappa shape index (κ1) is 15.5. The van der Waals surface area contributed by atoms with Crippen molar-refractivity contribution in [3.8, 4) is 0 Å². The molecule has 1 aliphatic rings. The molecular formula is C16H30N4. The van der Waals surface area contributed by atoms with Crippen LogP contribution >= 0.6 is 0 Å². The van der Waals surface area contributed by atoms with Gasteiger partial charge >= 0.3 is 0 Å². The van der Waals surface area contributed by atoms with Crippen LogP contribution < -0.4 is 5.32 Å². The molecule has 0 bridgehead atoms. The molecule has 4 nitrogen and oxygen atoms in total. The minimum atomic E-state index is 0.452. The molecule has 1 fully saturated rings. The van der Waals surface area contributed by atoms with Gasteiger partial charge in [0.15, 0.2) is 0 Å². The lowest BCUT2D eigenvalue weighted by atomic mass is 9.97. The fourth-order valence-corrected chi connectivity index (χ4v) is 2.84. The zero-order valence-electron chi connectivity index (χ0n) is 13.5. The Morgan fingerprint density at radius 3 is 2.80 bits per heavy atom. The highest BCUT2D eigenvalue weighted by Gasteiger charge is 2.20. The average molecular weight is 278 g/mol. The van der Waals surface area contributed by atoms with Crippen LogP contribution in [-0.4, -0.2) is 40.4 Å². The first-order valence-electron chi connectivity index (χ1n) is 8.04. The van der Waals surface area contributed by atoms with Crippen molar-refractivity contribution in [2.75, 3.05) is 19.6 Å². The molecular weight excluding hydrogens is 248 g/mol. The Morgan fingerprint density at radius 1 is 1.35 bits per heavy atom. The third-order valence-corrected chi connectivity index (χ3v) is 4.00. The lowest BCUT2D eigenvalue weighted by Gasteiger charge is -2.32. The summed E-state index contributed by atoms with van der Waals surface area (Å²) < 4.78 is 2.05. The highest BCUT2D eigenvalue weighted by Crippen LogP contribution is 2.18. The van der Waals surface area contributed by atoms with Gasteiger partial charge in [-0.2, -0.15) is 5.10 Å². The fraction of sp³-hybridized carbons (Fsp3) is 0.812. The van der Waals surface area contributed by atoms with Gasteiger partial charge in [0.1, 0.15) is 0 Å². The summed E-state index contributed by atoms with van der Waals surface area (Å²) in [6.45, 7) is 13.3. The average Bonchev–Trinajstić information content (AvgIpc) is 2.85. The monoisotopic (exact) mass is 278 g/mol. The highest BCUT2D eigenvalue weighted by atomic mass is 15.3. The molecule has 114 valence electrons. The van der Waals surface area contributed by atoms with Gasteiger partial charge in [-0.1, -0.05) is 13.8 Å². The Morgan fingerprint density at radius 2 is 2.15 bits per heavy atom. The van der Waals surface area contributed by atoms with Gasteiger partial charge in [-0.25, -0.2) is 0 Å². The standard InChI is InChI=1S/C16H30N4/c1-13(2)17-10-15-6-5-8-19(11-15)12-16-7-9-20(18-16)14(3)4/h7,9,13-15,17H,5-6,8,10-12H2,1-4H3. The minimum absolute atomic E-state index is 0.452. The summed E-state index contributed by atoms with van der Waals surface area (Å²) in [5.74, 6) is 0.790. The maximum absolute atomic E-state index is 4.66. The number of rotatable bonds is 6. The number of piperidine rings is 1. The van der Waals surface area contributed by atoms with E-state index in [9.17, 15) is 0 Å². The number of aromatic nitrogens is 2. The molecule has 1 atom stereocenters. The quantitative estimate of drug-likeness (QED) is 0.868. The first-order valence-corrected chi connectivity index (χ1v) is 8.04. The molecule has 20 heavy (non-hydrogen) atoms. The number of hydrogen-bond acceptors (Lipinski definition) is 3. The predicted octanol–water partition coefficient (Wildman–Crippen LogP) is 2.67. The van der Waals surface area contributed by atoms with Gasteiger partial charge in [0.05, 0.1) is 5.69 Å². The van der Waals surface area contributed by atoms with Crippen molar-refractivity contribution in [3.63, 3.8) is 0 Å². The predicted molar refractivity (Wildman–Crippen MR) is 83.8 cm³/mol. The van der Waals surface area contributed by atoms with Crippen molar-refractivity contribution in [3.05, 3.63) is 18.0 Å². The van der Waals surface area contributed by atoms with Crippen LogP contribution in [0.2, 0.25) is 0 Å². The van der Waals surface area contributed by atoms with Crippen molar-refractivity contribution >= 4 is 0 Å². The molecule has 0 saturated carbocycles. The van der Waals surface area contributed by atoms with Gasteiger partial charge < -0.3 is 5.32 Å². The van der Waals surface area contributed by atoms with E-state index in [1.54, 1.807) is 0 Å². The third-order valence-electron chi connectivity index (χ3n) is 4.00. The van der Waals surface area contributed by atoms with E-state index >= 15 is 0 Å². The molecule has 0 radical (unpaired) electrons. The molecule has 4 heteroatoms. The van der Waals surface area contributed by atoms with Crippen LogP contribution in [-0.2, 0) is 6.54 Å². The van der Waals surface area contributed by atoms with E-state index in [-0.39, 0.29) is 0 Å². The molecule has 1 saturated heterocycles. The van der Waals surface area contributed by atoms with Crippen molar-refractivity contribution in [1.29, 1.82) is 0 Å². The third kappa shape index (κ3) is 4.60.